The van der Waals surface area contributed by atoms with Crippen molar-refractivity contribution >= 4 is 34.2 Å². The number of ether oxygens (including phenoxy) is 1. The molecule has 104 valence electrons. The van der Waals surface area contributed by atoms with Crippen LogP contribution in [-0.2, 0) is 0 Å². The van der Waals surface area contributed by atoms with Gasteiger partial charge in [0.05, 0.1) is 6.61 Å². The van der Waals surface area contributed by atoms with Crippen molar-refractivity contribution in [3.05, 3.63) is 51.2 Å². The normalized spacial score (nSPS) is 10.2. The van der Waals surface area contributed by atoms with Crippen LogP contribution in [0.15, 0.2) is 36.5 Å². The maximum absolute atomic E-state index is 12.3. The summed E-state index contributed by atoms with van der Waals surface area (Å²) in [7, 11) is 0. The Balaban J connectivity index is 2.24. The molecule has 5 heteroatoms. The van der Waals surface area contributed by atoms with Gasteiger partial charge in [0.15, 0.2) is 0 Å². The molecule has 0 atom stereocenters. The summed E-state index contributed by atoms with van der Waals surface area (Å²) in [5.41, 5.74) is 2.25. The molecule has 1 heterocycles. The lowest BCUT2D eigenvalue weighted by Crippen LogP contribution is -2.15. The Bertz CT molecular complexity index is 629. The highest BCUT2D eigenvalue weighted by Crippen LogP contribution is 2.21. The van der Waals surface area contributed by atoms with Gasteiger partial charge in [0.1, 0.15) is 5.56 Å². The van der Waals surface area contributed by atoms with Gasteiger partial charge in [-0.25, -0.2) is 4.98 Å². The van der Waals surface area contributed by atoms with Crippen LogP contribution in [0.25, 0.3) is 0 Å². The number of amides is 1. The maximum atomic E-state index is 12.3. The zero-order valence-corrected chi connectivity index (χ0v) is 13.5. The van der Waals surface area contributed by atoms with Gasteiger partial charge in [-0.05, 0) is 72.3 Å². The van der Waals surface area contributed by atoms with Crippen molar-refractivity contribution in [3.63, 3.8) is 0 Å². The van der Waals surface area contributed by atoms with Crippen molar-refractivity contribution in [2.24, 2.45) is 0 Å². The van der Waals surface area contributed by atoms with Gasteiger partial charge >= 0.3 is 0 Å². The van der Waals surface area contributed by atoms with Crippen LogP contribution < -0.4 is 10.1 Å². The van der Waals surface area contributed by atoms with E-state index in [-0.39, 0.29) is 5.91 Å². The molecule has 1 N–H and O–H groups in total. The third-order valence-electron chi connectivity index (χ3n) is 2.73. The molecule has 4 nitrogen and oxygen atoms in total. The van der Waals surface area contributed by atoms with Crippen LogP contribution in [0.5, 0.6) is 5.88 Å². The average molecular weight is 382 g/mol. The van der Waals surface area contributed by atoms with Crippen LogP contribution in [0.1, 0.15) is 22.8 Å². The molecule has 0 aliphatic rings. The van der Waals surface area contributed by atoms with E-state index in [1.54, 1.807) is 18.3 Å². The van der Waals surface area contributed by atoms with Crippen molar-refractivity contribution in [1.29, 1.82) is 0 Å². The number of carbonyl (C=O) groups excluding carboxylic acids is 1. The van der Waals surface area contributed by atoms with Gasteiger partial charge < -0.3 is 10.1 Å². The lowest BCUT2D eigenvalue weighted by molar-refractivity contribution is 0.102. The summed E-state index contributed by atoms with van der Waals surface area (Å²) < 4.78 is 6.51. The fraction of sp³-hybridized carbons (Fsp3) is 0.200. The molecule has 0 spiro atoms. The first-order valence-corrected chi connectivity index (χ1v) is 7.35. The Morgan fingerprint density at radius 1 is 1.40 bits per heavy atom. The SMILES string of the molecule is CCOc1ncccc1C(=O)Nc1ccc(I)cc1C. The topological polar surface area (TPSA) is 51.2 Å². The molecule has 0 saturated carbocycles. The Labute approximate surface area is 131 Å². The van der Waals surface area contributed by atoms with E-state index in [0.717, 1.165) is 14.8 Å². The second-order valence-corrected chi connectivity index (χ2v) is 5.45. The molecule has 0 bridgehead atoms. The number of carbonyl (C=O) groups is 1. The van der Waals surface area contributed by atoms with Gasteiger partial charge in [-0.3, -0.25) is 4.79 Å². The van der Waals surface area contributed by atoms with Gasteiger partial charge in [0, 0.05) is 15.5 Å². The molecule has 0 aliphatic heterocycles. The van der Waals surface area contributed by atoms with Crippen molar-refractivity contribution in [2.45, 2.75) is 13.8 Å². The standard InChI is InChI=1S/C15H15IN2O2/c1-3-20-15-12(5-4-8-17-15)14(19)18-13-7-6-11(16)9-10(13)2/h4-9H,3H2,1-2H3,(H,18,19). The second kappa shape index (κ2) is 6.69. The van der Waals surface area contributed by atoms with Gasteiger partial charge in [-0.15, -0.1) is 0 Å². The molecule has 0 aliphatic carbocycles. The Kier molecular flexibility index (Phi) is 4.94. The molecule has 1 amide bonds. The van der Waals surface area contributed by atoms with E-state index in [1.165, 1.54) is 0 Å². The Morgan fingerprint density at radius 2 is 2.20 bits per heavy atom. The number of benzene rings is 1. The van der Waals surface area contributed by atoms with E-state index in [1.807, 2.05) is 32.0 Å². The number of pyridine rings is 1. The summed E-state index contributed by atoms with van der Waals surface area (Å²) in [6.45, 7) is 4.30. The van der Waals surface area contributed by atoms with Crippen LogP contribution in [0, 0.1) is 10.5 Å². The smallest absolute Gasteiger partial charge is 0.261 e. The fourth-order valence-electron chi connectivity index (χ4n) is 1.77. The average Bonchev–Trinajstić information content (AvgIpc) is 2.43. The van der Waals surface area contributed by atoms with E-state index in [0.29, 0.717) is 18.1 Å². The highest BCUT2D eigenvalue weighted by molar-refractivity contribution is 14.1. The minimum Gasteiger partial charge on any atom is -0.477 e. The molecule has 0 unspecified atom stereocenters. The van der Waals surface area contributed by atoms with Gasteiger partial charge in [0.25, 0.3) is 5.91 Å². The first-order valence-electron chi connectivity index (χ1n) is 6.27. The van der Waals surface area contributed by atoms with Gasteiger partial charge in [-0.1, -0.05) is 0 Å². The number of halogens is 1. The quantitative estimate of drug-likeness (QED) is 0.822. The number of aryl methyl sites for hydroxylation is 1. The van der Waals surface area contributed by atoms with E-state index < -0.39 is 0 Å². The molecule has 0 saturated heterocycles. The molecule has 2 aromatic rings. The molecule has 20 heavy (non-hydrogen) atoms. The van der Waals surface area contributed by atoms with Gasteiger partial charge in [0.2, 0.25) is 5.88 Å². The van der Waals surface area contributed by atoms with E-state index in [4.69, 9.17) is 4.74 Å². The summed E-state index contributed by atoms with van der Waals surface area (Å²) in [5.74, 6) is 0.140. The third-order valence-corrected chi connectivity index (χ3v) is 3.40. The van der Waals surface area contributed by atoms with Crippen LogP contribution in [0.4, 0.5) is 5.69 Å². The first-order chi connectivity index (χ1) is 9.61. The summed E-state index contributed by atoms with van der Waals surface area (Å²) >= 11 is 2.24. The summed E-state index contributed by atoms with van der Waals surface area (Å²) in [5, 5.41) is 2.89. The lowest BCUT2D eigenvalue weighted by Gasteiger charge is -2.11. The third kappa shape index (κ3) is 3.47. The largest absolute Gasteiger partial charge is 0.477 e. The summed E-state index contributed by atoms with van der Waals surface area (Å²) in [4.78, 5) is 16.4. The van der Waals surface area contributed by atoms with E-state index in [2.05, 4.69) is 32.9 Å². The predicted octanol–water partition coefficient (Wildman–Crippen LogP) is 3.65. The van der Waals surface area contributed by atoms with Gasteiger partial charge in [-0.2, -0.15) is 0 Å². The molecule has 0 radical (unpaired) electrons. The molecular formula is C15H15IN2O2. The van der Waals surface area contributed by atoms with Crippen molar-refractivity contribution in [1.82, 2.24) is 4.98 Å². The number of nitrogens with one attached hydrogen (secondary N) is 1. The monoisotopic (exact) mass is 382 g/mol. The highest BCUT2D eigenvalue weighted by atomic mass is 127. The maximum Gasteiger partial charge on any atom is 0.261 e. The minimum atomic E-state index is -0.217. The van der Waals surface area contributed by atoms with Crippen LogP contribution in [0.3, 0.4) is 0 Å². The van der Waals surface area contributed by atoms with Crippen molar-refractivity contribution < 1.29 is 9.53 Å². The molecule has 2 rings (SSSR count). The summed E-state index contributed by atoms with van der Waals surface area (Å²) in [6.07, 6.45) is 1.61. The molecule has 1 aromatic heterocycles. The fourth-order valence-corrected chi connectivity index (χ4v) is 2.42. The predicted molar refractivity (Wildman–Crippen MR) is 87.3 cm³/mol. The summed E-state index contributed by atoms with van der Waals surface area (Å²) in [6, 6.07) is 9.29. The minimum absolute atomic E-state index is 0.217. The Morgan fingerprint density at radius 3 is 2.90 bits per heavy atom. The van der Waals surface area contributed by atoms with Crippen molar-refractivity contribution in [3.8, 4) is 5.88 Å². The number of nitrogens with zero attached hydrogens (tertiary/aromatic N) is 1. The van der Waals surface area contributed by atoms with Crippen LogP contribution in [0.2, 0.25) is 0 Å². The van der Waals surface area contributed by atoms with E-state index in [9.17, 15) is 4.79 Å². The number of rotatable bonds is 4. The zero-order valence-electron chi connectivity index (χ0n) is 11.3. The number of hydrogen-bond acceptors (Lipinski definition) is 3. The number of anilines is 1. The van der Waals surface area contributed by atoms with Crippen LogP contribution >= 0.6 is 22.6 Å². The zero-order chi connectivity index (χ0) is 14.5. The molecule has 0 fully saturated rings. The lowest BCUT2D eigenvalue weighted by atomic mass is 10.2. The van der Waals surface area contributed by atoms with E-state index >= 15 is 0 Å². The Hall–Kier alpha value is -1.63. The highest BCUT2D eigenvalue weighted by Gasteiger charge is 2.14. The molecular weight excluding hydrogens is 367 g/mol. The van der Waals surface area contributed by atoms with Crippen LogP contribution in [-0.4, -0.2) is 17.5 Å². The number of aromatic nitrogens is 1. The second-order valence-electron chi connectivity index (χ2n) is 4.20. The van der Waals surface area contributed by atoms with Crippen molar-refractivity contribution in [2.75, 3.05) is 11.9 Å². The first kappa shape index (κ1) is 14.8. The number of hydrogen-bond donors (Lipinski definition) is 1. The molecule has 1 aromatic carbocycles.